The minimum atomic E-state index is -0.739. The first kappa shape index (κ1) is 21.0. The number of carbonyl (C=O) groups is 2. The van der Waals surface area contributed by atoms with Crippen LogP contribution in [0.4, 0.5) is 0 Å². The van der Waals surface area contributed by atoms with E-state index in [1.165, 1.54) is 4.90 Å². The fourth-order valence-corrected chi connectivity index (χ4v) is 3.85. The monoisotopic (exact) mass is 435 g/mol. The van der Waals surface area contributed by atoms with Crippen LogP contribution in [0.2, 0.25) is 5.02 Å². The lowest BCUT2D eigenvalue weighted by atomic mass is 10.0. The van der Waals surface area contributed by atoms with Gasteiger partial charge in [0.05, 0.1) is 6.10 Å². The zero-order valence-corrected chi connectivity index (χ0v) is 17.5. The Morgan fingerprint density at radius 2 is 1.87 bits per heavy atom. The van der Waals surface area contributed by atoms with Gasteiger partial charge in [-0.25, -0.2) is 0 Å². The van der Waals surface area contributed by atoms with Gasteiger partial charge in [0.15, 0.2) is 0 Å². The second-order valence-corrected chi connectivity index (χ2v) is 7.97. The number of pyridine rings is 1. The van der Waals surface area contributed by atoms with E-state index in [2.05, 4.69) is 10.3 Å². The summed E-state index contributed by atoms with van der Waals surface area (Å²) in [6.45, 7) is 0.441. The van der Waals surface area contributed by atoms with Crippen molar-refractivity contribution in [2.75, 3.05) is 6.54 Å². The molecule has 1 aliphatic heterocycles. The smallest absolute Gasteiger partial charge is 0.254 e. The van der Waals surface area contributed by atoms with Crippen molar-refractivity contribution in [2.45, 2.75) is 25.1 Å². The van der Waals surface area contributed by atoms with Gasteiger partial charge < -0.3 is 15.3 Å². The molecule has 1 saturated heterocycles. The molecule has 2 heterocycles. The van der Waals surface area contributed by atoms with Gasteiger partial charge in [-0.1, -0.05) is 41.9 Å². The lowest BCUT2D eigenvalue weighted by Crippen LogP contribution is -2.45. The number of hydrogen-bond donors (Lipinski definition) is 2. The summed E-state index contributed by atoms with van der Waals surface area (Å²) in [5.41, 5.74) is 3.13. The molecule has 3 aromatic rings. The molecule has 0 radical (unpaired) electrons. The molecule has 1 aliphatic rings. The number of carbonyl (C=O) groups excluding carboxylic acids is 2. The van der Waals surface area contributed by atoms with Crippen LogP contribution in [-0.2, 0) is 11.3 Å². The summed E-state index contributed by atoms with van der Waals surface area (Å²) in [7, 11) is 0. The summed E-state index contributed by atoms with van der Waals surface area (Å²) in [4.78, 5) is 31.6. The van der Waals surface area contributed by atoms with E-state index < -0.39 is 12.1 Å². The van der Waals surface area contributed by atoms with E-state index in [0.29, 0.717) is 17.1 Å². The molecule has 4 rings (SSSR count). The predicted octanol–water partition coefficient (Wildman–Crippen LogP) is 3.29. The quantitative estimate of drug-likeness (QED) is 0.644. The highest BCUT2D eigenvalue weighted by Gasteiger charge is 2.39. The maximum absolute atomic E-state index is 13.2. The number of nitrogens with zero attached hydrogens (tertiary/aromatic N) is 2. The van der Waals surface area contributed by atoms with E-state index >= 15 is 0 Å². The van der Waals surface area contributed by atoms with E-state index in [-0.39, 0.29) is 24.8 Å². The summed E-state index contributed by atoms with van der Waals surface area (Å²) >= 11 is 5.89. The van der Waals surface area contributed by atoms with Crippen LogP contribution in [0.5, 0.6) is 0 Å². The maximum atomic E-state index is 13.2. The molecular formula is C24H22ClN3O3. The number of amides is 2. The number of hydrogen-bond acceptors (Lipinski definition) is 4. The third-order valence-corrected chi connectivity index (χ3v) is 5.58. The first-order valence-electron chi connectivity index (χ1n) is 10.0. The van der Waals surface area contributed by atoms with E-state index in [4.69, 9.17) is 11.6 Å². The maximum Gasteiger partial charge on any atom is 0.254 e. The highest BCUT2D eigenvalue weighted by Crippen LogP contribution is 2.24. The van der Waals surface area contributed by atoms with Crippen molar-refractivity contribution in [3.8, 4) is 11.1 Å². The van der Waals surface area contributed by atoms with Gasteiger partial charge in [-0.2, -0.15) is 0 Å². The number of aliphatic hydroxyl groups is 1. The Balaban J connectivity index is 1.49. The number of benzene rings is 2. The molecule has 2 N–H and O–H groups in total. The van der Waals surface area contributed by atoms with Gasteiger partial charge in [-0.15, -0.1) is 0 Å². The minimum absolute atomic E-state index is 0.120. The van der Waals surface area contributed by atoms with Gasteiger partial charge in [0.1, 0.15) is 6.04 Å². The highest BCUT2D eigenvalue weighted by molar-refractivity contribution is 6.30. The molecule has 31 heavy (non-hydrogen) atoms. The molecule has 0 spiro atoms. The Morgan fingerprint density at radius 1 is 1.10 bits per heavy atom. The van der Waals surface area contributed by atoms with Crippen molar-refractivity contribution in [3.05, 3.63) is 89.2 Å². The van der Waals surface area contributed by atoms with E-state index in [9.17, 15) is 14.7 Å². The fourth-order valence-electron chi connectivity index (χ4n) is 3.73. The van der Waals surface area contributed by atoms with E-state index in [1.54, 1.807) is 42.7 Å². The number of aliphatic hydroxyl groups excluding tert-OH is 1. The van der Waals surface area contributed by atoms with Gasteiger partial charge in [-0.3, -0.25) is 14.6 Å². The molecule has 7 heteroatoms. The molecule has 0 aliphatic carbocycles. The van der Waals surface area contributed by atoms with Crippen molar-refractivity contribution in [1.29, 1.82) is 0 Å². The van der Waals surface area contributed by atoms with Gasteiger partial charge in [0.2, 0.25) is 5.91 Å². The second-order valence-electron chi connectivity index (χ2n) is 7.53. The second kappa shape index (κ2) is 9.29. The molecule has 0 bridgehead atoms. The summed E-state index contributed by atoms with van der Waals surface area (Å²) < 4.78 is 0. The number of nitrogens with one attached hydrogen (secondary N) is 1. The molecule has 0 saturated carbocycles. The van der Waals surface area contributed by atoms with Crippen LogP contribution in [0.15, 0.2) is 73.1 Å². The lowest BCUT2D eigenvalue weighted by molar-refractivity contribution is -0.125. The van der Waals surface area contributed by atoms with Gasteiger partial charge in [0, 0.05) is 48.1 Å². The number of halogens is 1. The summed E-state index contributed by atoms with van der Waals surface area (Å²) in [6, 6.07) is 17.4. The first-order chi connectivity index (χ1) is 15.0. The Kier molecular flexibility index (Phi) is 6.30. The van der Waals surface area contributed by atoms with Crippen LogP contribution < -0.4 is 5.32 Å². The molecule has 1 aromatic heterocycles. The average Bonchev–Trinajstić information content (AvgIpc) is 3.20. The summed E-state index contributed by atoms with van der Waals surface area (Å²) in [5, 5.41) is 13.6. The topological polar surface area (TPSA) is 82.5 Å². The first-order valence-corrected chi connectivity index (χ1v) is 10.4. The predicted molar refractivity (Wildman–Crippen MR) is 118 cm³/mol. The zero-order valence-electron chi connectivity index (χ0n) is 16.7. The van der Waals surface area contributed by atoms with Crippen LogP contribution in [0.25, 0.3) is 11.1 Å². The number of likely N-dealkylation sites (tertiary alicyclic amines) is 1. The molecular weight excluding hydrogens is 414 g/mol. The van der Waals surface area contributed by atoms with Crippen molar-refractivity contribution < 1.29 is 14.7 Å². The molecule has 2 aromatic carbocycles. The number of aromatic nitrogens is 1. The van der Waals surface area contributed by atoms with Crippen molar-refractivity contribution in [3.63, 3.8) is 0 Å². The van der Waals surface area contributed by atoms with Crippen LogP contribution >= 0.6 is 11.6 Å². The van der Waals surface area contributed by atoms with Crippen molar-refractivity contribution in [1.82, 2.24) is 15.2 Å². The number of rotatable bonds is 5. The van der Waals surface area contributed by atoms with Crippen LogP contribution in [0.1, 0.15) is 22.3 Å². The Bertz CT molecular complexity index is 1070. The Labute approximate surface area is 185 Å². The molecule has 2 unspecified atom stereocenters. The minimum Gasteiger partial charge on any atom is -0.391 e. The molecule has 2 amide bonds. The molecule has 158 valence electrons. The summed E-state index contributed by atoms with van der Waals surface area (Å²) in [5.74, 6) is -0.572. The van der Waals surface area contributed by atoms with Crippen molar-refractivity contribution in [2.24, 2.45) is 0 Å². The highest BCUT2D eigenvalue weighted by atomic mass is 35.5. The van der Waals surface area contributed by atoms with Crippen molar-refractivity contribution >= 4 is 23.4 Å². The lowest BCUT2D eigenvalue weighted by Gasteiger charge is -2.24. The standard InChI is InChI=1S/C24H22ClN3O3/c25-20-8-6-16(7-9-20)13-27-23(30)22-12-21(29)15-28(22)24(31)18-4-1-3-17(11-18)19-5-2-10-26-14-19/h1-11,14,21-22,29H,12-13,15H2,(H,27,30). The normalized spacial score (nSPS) is 18.1. The largest absolute Gasteiger partial charge is 0.391 e. The van der Waals surface area contributed by atoms with Crippen LogP contribution in [0, 0.1) is 0 Å². The Morgan fingerprint density at radius 3 is 2.61 bits per heavy atom. The average molecular weight is 436 g/mol. The summed E-state index contributed by atoms with van der Waals surface area (Å²) in [6.07, 6.45) is 2.89. The van der Waals surface area contributed by atoms with Crippen LogP contribution in [-0.4, -0.2) is 45.5 Å². The van der Waals surface area contributed by atoms with Crippen LogP contribution in [0.3, 0.4) is 0 Å². The number of β-amino-alcohol motifs (C(OH)–C–C–N with tert-alkyl or cyclic N) is 1. The molecule has 1 fully saturated rings. The van der Waals surface area contributed by atoms with Gasteiger partial charge in [-0.05, 0) is 41.5 Å². The molecule has 6 nitrogen and oxygen atoms in total. The third kappa shape index (κ3) is 4.93. The third-order valence-electron chi connectivity index (χ3n) is 5.33. The van der Waals surface area contributed by atoms with E-state index in [0.717, 1.165) is 16.7 Å². The molecule has 2 atom stereocenters. The Hall–Kier alpha value is -3.22. The van der Waals surface area contributed by atoms with E-state index in [1.807, 2.05) is 30.3 Å². The zero-order chi connectivity index (χ0) is 21.8. The fraction of sp³-hybridized carbons (Fsp3) is 0.208. The van der Waals surface area contributed by atoms with Gasteiger partial charge >= 0.3 is 0 Å². The SMILES string of the molecule is O=C(NCc1ccc(Cl)cc1)C1CC(O)CN1C(=O)c1cccc(-c2cccnc2)c1. The van der Waals surface area contributed by atoms with Gasteiger partial charge in [0.25, 0.3) is 5.91 Å².